The monoisotopic (exact) mass is 276 g/mol. The summed E-state index contributed by atoms with van der Waals surface area (Å²) >= 11 is 8.75. The lowest BCUT2D eigenvalue weighted by molar-refractivity contribution is -0.116. The molecule has 0 aromatic heterocycles. The fraction of sp³-hybridized carbons (Fsp3) is 0.300. The van der Waals surface area contributed by atoms with E-state index in [0.717, 1.165) is 15.6 Å². The highest BCUT2D eigenvalue weighted by atomic mass is 79.9. The van der Waals surface area contributed by atoms with Crippen molar-refractivity contribution in [3.63, 3.8) is 0 Å². The maximum atomic E-state index is 11.1. The van der Waals surface area contributed by atoms with Gasteiger partial charge in [0.15, 0.2) is 5.78 Å². The molecule has 0 aliphatic carbocycles. The molecule has 14 heavy (non-hydrogen) atoms. The lowest BCUT2D eigenvalue weighted by atomic mass is 10.1. The van der Waals surface area contributed by atoms with Crippen LogP contribution in [0.3, 0.4) is 0 Å². The third-order valence-corrected chi connectivity index (χ3v) is 2.87. The molecule has 0 amide bonds. The zero-order chi connectivity index (χ0) is 10.6. The van der Waals surface area contributed by atoms with E-state index in [1.165, 1.54) is 0 Å². The van der Waals surface area contributed by atoms with Crippen molar-refractivity contribution in [3.05, 3.63) is 33.8 Å². The highest BCUT2D eigenvalue weighted by Gasteiger charge is 2.06. The standard InChI is InChI=1S/C10H10BrClO2/c11-10-3-7(6-13)1-2-8(10)4-9(14)5-12/h1-3,13H,4-6H2. The molecule has 1 N–H and O–H groups in total. The molecule has 0 saturated heterocycles. The number of alkyl halides is 1. The largest absolute Gasteiger partial charge is 0.392 e. The average molecular weight is 278 g/mol. The molecule has 0 bridgehead atoms. The molecule has 1 aromatic carbocycles. The topological polar surface area (TPSA) is 37.3 Å². The summed E-state index contributed by atoms with van der Waals surface area (Å²) in [7, 11) is 0. The van der Waals surface area contributed by atoms with Crippen LogP contribution in [0, 0.1) is 0 Å². The number of aliphatic hydroxyl groups is 1. The fourth-order valence-electron chi connectivity index (χ4n) is 1.09. The summed E-state index contributed by atoms with van der Waals surface area (Å²) in [6.45, 7) is 0.00231. The Morgan fingerprint density at radius 1 is 1.50 bits per heavy atom. The quantitative estimate of drug-likeness (QED) is 0.858. The summed E-state index contributed by atoms with van der Waals surface area (Å²) < 4.78 is 0.836. The van der Waals surface area contributed by atoms with Gasteiger partial charge in [-0.1, -0.05) is 28.1 Å². The van der Waals surface area contributed by atoms with Crippen LogP contribution in [0.25, 0.3) is 0 Å². The third kappa shape index (κ3) is 3.08. The van der Waals surface area contributed by atoms with Crippen LogP contribution in [0.1, 0.15) is 11.1 Å². The van der Waals surface area contributed by atoms with Crippen LogP contribution in [-0.2, 0) is 17.8 Å². The van der Waals surface area contributed by atoms with Gasteiger partial charge in [0.2, 0.25) is 0 Å². The van der Waals surface area contributed by atoms with Crippen LogP contribution in [0.15, 0.2) is 22.7 Å². The number of hydrogen-bond donors (Lipinski definition) is 1. The molecule has 0 aliphatic rings. The van der Waals surface area contributed by atoms with Crippen LogP contribution in [0.4, 0.5) is 0 Å². The molecule has 2 nitrogen and oxygen atoms in total. The molecule has 0 unspecified atom stereocenters. The second-order valence-electron chi connectivity index (χ2n) is 2.93. The molecule has 0 radical (unpaired) electrons. The first-order chi connectivity index (χ1) is 6.67. The number of hydrogen-bond acceptors (Lipinski definition) is 2. The molecule has 0 aliphatic heterocycles. The van der Waals surface area contributed by atoms with E-state index in [0.29, 0.717) is 6.42 Å². The van der Waals surface area contributed by atoms with Gasteiger partial charge < -0.3 is 5.11 Å². The first-order valence-electron chi connectivity index (χ1n) is 4.13. The third-order valence-electron chi connectivity index (χ3n) is 1.84. The number of aliphatic hydroxyl groups excluding tert-OH is 1. The Balaban J connectivity index is 2.83. The van der Waals surface area contributed by atoms with Gasteiger partial charge in [-0.2, -0.15) is 0 Å². The van der Waals surface area contributed by atoms with Gasteiger partial charge in [0.25, 0.3) is 0 Å². The van der Waals surface area contributed by atoms with Gasteiger partial charge >= 0.3 is 0 Å². The van der Waals surface area contributed by atoms with Gasteiger partial charge in [-0.05, 0) is 17.2 Å². The van der Waals surface area contributed by atoms with Crippen LogP contribution in [0.2, 0.25) is 0 Å². The maximum absolute atomic E-state index is 11.1. The average Bonchev–Trinajstić information content (AvgIpc) is 2.20. The van der Waals surface area contributed by atoms with Gasteiger partial charge in [-0.25, -0.2) is 0 Å². The van der Waals surface area contributed by atoms with Gasteiger partial charge in [0.1, 0.15) is 0 Å². The molecule has 1 rings (SSSR count). The Morgan fingerprint density at radius 2 is 2.21 bits per heavy atom. The normalized spacial score (nSPS) is 10.2. The van der Waals surface area contributed by atoms with Crippen molar-refractivity contribution >= 4 is 33.3 Å². The number of ketones is 1. The van der Waals surface area contributed by atoms with E-state index in [4.69, 9.17) is 16.7 Å². The zero-order valence-corrected chi connectivity index (χ0v) is 9.81. The molecule has 0 saturated carbocycles. The van der Waals surface area contributed by atoms with Gasteiger partial charge in [0, 0.05) is 10.9 Å². The lowest BCUT2D eigenvalue weighted by Crippen LogP contribution is -2.04. The lowest BCUT2D eigenvalue weighted by Gasteiger charge is -2.04. The number of carbonyl (C=O) groups excluding carboxylic acids is 1. The van der Waals surface area contributed by atoms with Crippen molar-refractivity contribution < 1.29 is 9.90 Å². The maximum Gasteiger partial charge on any atom is 0.151 e. The molecular formula is C10H10BrClO2. The van der Waals surface area contributed by atoms with Crippen LogP contribution < -0.4 is 0 Å². The van der Waals surface area contributed by atoms with Gasteiger partial charge in [-0.3, -0.25) is 4.79 Å². The van der Waals surface area contributed by atoms with Gasteiger partial charge in [-0.15, -0.1) is 11.6 Å². The smallest absolute Gasteiger partial charge is 0.151 e. The minimum Gasteiger partial charge on any atom is -0.392 e. The van der Waals surface area contributed by atoms with Crippen LogP contribution in [-0.4, -0.2) is 16.8 Å². The predicted octanol–water partition coefficient (Wildman–Crippen LogP) is 2.29. The van der Waals surface area contributed by atoms with Crippen molar-refractivity contribution in [2.45, 2.75) is 13.0 Å². The number of halogens is 2. The Hall–Kier alpha value is -0.380. The molecule has 0 heterocycles. The number of Topliss-reactive ketones (excluding diaryl/α,β-unsaturated/α-hetero) is 1. The molecule has 1 aromatic rings. The van der Waals surface area contributed by atoms with E-state index in [9.17, 15) is 4.79 Å². The van der Waals surface area contributed by atoms with E-state index in [1.807, 2.05) is 6.07 Å². The Morgan fingerprint density at radius 3 is 2.71 bits per heavy atom. The minimum atomic E-state index is -0.0101. The van der Waals surface area contributed by atoms with Crippen molar-refractivity contribution in [2.24, 2.45) is 0 Å². The molecule has 4 heteroatoms. The number of benzene rings is 1. The van der Waals surface area contributed by atoms with Crippen molar-refractivity contribution in [3.8, 4) is 0 Å². The summed E-state index contributed by atoms with van der Waals surface area (Å²) in [6, 6.07) is 5.42. The fourth-order valence-corrected chi connectivity index (χ4v) is 1.75. The second-order valence-corrected chi connectivity index (χ2v) is 4.05. The summed E-state index contributed by atoms with van der Waals surface area (Å²) in [6.07, 6.45) is 0.329. The number of carbonyl (C=O) groups is 1. The van der Waals surface area contributed by atoms with Crippen LogP contribution >= 0.6 is 27.5 Å². The van der Waals surface area contributed by atoms with Crippen LogP contribution in [0.5, 0.6) is 0 Å². The van der Waals surface area contributed by atoms with Crippen molar-refractivity contribution in [1.82, 2.24) is 0 Å². The van der Waals surface area contributed by atoms with Crippen molar-refractivity contribution in [1.29, 1.82) is 0 Å². The SMILES string of the molecule is O=C(CCl)Cc1ccc(CO)cc1Br. The van der Waals surface area contributed by atoms with E-state index >= 15 is 0 Å². The Labute approximate surface area is 96.0 Å². The highest BCUT2D eigenvalue weighted by molar-refractivity contribution is 9.10. The summed E-state index contributed by atoms with van der Waals surface area (Å²) in [5.41, 5.74) is 1.71. The minimum absolute atomic E-state index is 0.00231. The summed E-state index contributed by atoms with van der Waals surface area (Å²) in [5.74, 6) is 0.0258. The first-order valence-corrected chi connectivity index (χ1v) is 5.46. The molecule has 0 spiro atoms. The van der Waals surface area contributed by atoms with E-state index < -0.39 is 0 Å². The predicted molar refractivity (Wildman–Crippen MR) is 59.5 cm³/mol. The molecule has 76 valence electrons. The van der Waals surface area contributed by atoms with E-state index in [1.54, 1.807) is 12.1 Å². The molecular weight excluding hydrogens is 267 g/mol. The van der Waals surface area contributed by atoms with E-state index in [2.05, 4.69) is 15.9 Å². The number of rotatable bonds is 4. The summed E-state index contributed by atoms with van der Waals surface area (Å²) in [5, 5.41) is 8.87. The van der Waals surface area contributed by atoms with Crippen molar-refractivity contribution in [2.75, 3.05) is 5.88 Å². The van der Waals surface area contributed by atoms with E-state index in [-0.39, 0.29) is 18.3 Å². The molecule has 0 atom stereocenters. The molecule has 0 fully saturated rings. The van der Waals surface area contributed by atoms with Gasteiger partial charge in [0.05, 0.1) is 12.5 Å². The highest BCUT2D eigenvalue weighted by Crippen LogP contribution is 2.19. The Bertz CT molecular complexity index is 339. The second kappa shape index (κ2) is 5.49. The Kier molecular flexibility index (Phi) is 4.58. The first kappa shape index (κ1) is 11.7. The summed E-state index contributed by atoms with van der Waals surface area (Å²) in [4.78, 5) is 11.1. The zero-order valence-electron chi connectivity index (χ0n) is 7.46.